The number of benzene rings is 1. The summed E-state index contributed by atoms with van der Waals surface area (Å²) in [5.41, 5.74) is 2.89. The third-order valence-corrected chi connectivity index (χ3v) is 5.19. The molecule has 0 spiro atoms. The first-order valence-electron chi connectivity index (χ1n) is 9.02. The Morgan fingerprint density at radius 2 is 1.92 bits per heavy atom. The largest absolute Gasteiger partial charge is 0.364 e. The zero-order valence-corrected chi connectivity index (χ0v) is 15.6. The Kier molecular flexibility index (Phi) is 3.75. The lowest BCUT2D eigenvalue weighted by Crippen LogP contribution is -2.52. The van der Waals surface area contributed by atoms with Crippen LogP contribution in [0.4, 0.5) is 11.6 Å². The fourth-order valence-corrected chi connectivity index (χ4v) is 3.81. The lowest BCUT2D eigenvalue weighted by molar-refractivity contribution is -0.669. The maximum absolute atomic E-state index is 13.0. The molecular weight excluding hydrogens is 330 g/mol. The number of imidazole rings is 1. The fraction of sp³-hybridized carbons (Fsp3) is 0.421. The van der Waals surface area contributed by atoms with Crippen molar-refractivity contribution in [2.75, 3.05) is 11.4 Å². The number of anilines is 2. The van der Waals surface area contributed by atoms with Crippen LogP contribution in [0, 0.1) is 12.8 Å². The van der Waals surface area contributed by atoms with Gasteiger partial charge in [0.2, 0.25) is 11.2 Å². The number of hydrogen-bond donors (Lipinski definition) is 1. The molecule has 136 valence electrons. The maximum Gasteiger partial charge on any atom is 0.364 e. The Labute approximate surface area is 151 Å². The van der Waals surface area contributed by atoms with Crippen LogP contribution in [-0.2, 0) is 20.1 Å². The summed E-state index contributed by atoms with van der Waals surface area (Å²) in [4.78, 5) is 31.0. The van der Waals surface area contributed by atoms with E-state index in [-0.39, 0.29) is 11.2 Å². The normalized spacial score (nSPS) is 16.9. The zero-order chi connectivity index (χ0) is 18.6. The van der Waals surface area contributed by atoms with Crippen molar-refractivity contribution in [1.29, 1.82) is 0 Å². The van der Waals surface area contributed by atoms with Crippen LogP contribution in [0.25, 0.3) is 11.2 Å². The molecule has 1 aliphatic rings. The average molecular weight is 354 g/mol. The van der Waals surface area contributed by atoms with E-state index in [2.05, 4.69) is 48.0 Å². The van der Waals surface area contributed by atoms with E-state index in [1.54, 1.807) is 7.05 Å². The highest BCUT2D eigenvalue weighted by Crippen LogP contribution is 2.28. The van der Waals surface area contributed by atoms with Gasteiger partial charge in [0.15, 0.2) is 0 Å². The monoisotopic (exact) mass is 354 g/mol. The predicted molar refractivity (Wildman–Crippen MR) is 101 cm³/mol. The number of hydrogen-bond acceptors (Lipinski definition) is 3. The molecule has 0 unspecified atom stereocenters. The molecule has 3 aromatic rings. The van der Waals surface area contributed by atoms with Crippen LogP contribution in [0.5, 0.6) is 0 Å². The van der Waals surface area contributed by atoms with E-state index in [0.29, 0.717) is 23.6 Å². The maximum atomic E-state index is 13.0. The van der Waals surface area contributed by atoms with E-state index >= 15 is 0 Å². The van der Waals surface area contributed by atoms with Crippen LogP contribution in [0.3, 0.4) is 0 Å². The Balaban J connectivity index is 2.03. The topological polar surface area (TPSA) is 66.9 Å². The molecule has 1 aliphatic heterocycles. The number of aryl methyl sites for hydroxylation is 2. The quantitative estimate of drug-likeness (QED) is 0.708. The molecule has 1 atom stereocenters. The summed E-state index contributed by atoms with van der Waals surface area (Å²) in [6, 6.07) is 8.35. The Morgan fingerprint density at radius 3 is 2.58 bits per heavy atom. The van der Waals surface area contributed by atoms with Crippen molar-refractivity contribution in [1.82, 2.24) is 14.1 Å². The van der Waals surface area contributed by atoms with E-state index in [1.807, 2.05) is 11.5 Å². The molecule has 0 amide bonds. The summed E-state index contributed by atoms with van der Waals surface area (Å²) in [6.45, 7) is 8.02. The van der Waals surface area contributed by atoms with Crippen molar-refractivity contribution < 1.29 is 4.57 Å². The van der Waals surface area contributed by atoms with Crippen LogP contribution in [-0.4, -0.2) is 20.7 Å². The second kappa shape index (κ2) is 5.86. The molecule has 0 saturated heterocycles. The van der Waals surface area contributed by atoms with Gasteiger partial charge in [0.1, 0.15) is 5.69 Å². The van der Waals surface area contributed by atoms with E-state index in [1.165, 1.54) is 14.7 Å². The van der Waals surface area contributed by atoms with Gasteiger partial charge in [-0.2, -0.15) is 0 Å². The molecule has 26 heavy (non-hydrogen) atoms. The Hall–Kier alpha value is -2.83. The van der Waals surface area contributed by atoms with E-state index in [9.17, 15) is 9.59 Å². The van der Waals surface area contributed by atoms with Gasteiger partial charge in [-0.3, -0.25) is 13.9 Å². The van der Waals surface area contributed by atoms with Crippen LogP contribution >= 0.6 is 0 Å². The molecular formula is C19H24N5O2+. The summed E-state index contributed by atoms with van der Waals surface area (Å²) in [5, 5.41) is 0. The highest BCUT2D eigenvalue weighted by Gasteiger charge is 2.35. The number of nitrogens with zero attached hydrogens (tertiary/aromatic N) is 4. The van der Waals surface area contributed by atoms with Crippen molar-refractivity contribution in [2.24, 2.45) is 13.0 Å². The van der Waals surface area contributed by atoms with Gasteiger partial charge in [-0.1, -0.05) is 24.6 Å². The van der Waals surface area contributed by atoms with Gasteiger partial charge in [-0.05, 0) is 26.0 Å². The second-order valence-electron chi connectivity index (χ2n) is 7.20. The molecule has 0 aliphatic carbocycles. The predicted octanol–water partition coefficient (Wildman–Crippen LogP) is 1.43. The summed E-state index contributed by atoms with van der Waals surface area (Å²) >= 11 is 0. The molecule has 7 heteroatoms. The van der Waals surface area contributed by atoms with Crippen LogP contribution < -0.4 is 20.7 Å². The van der Waals surface area contributed by atoms with Crippen molar-refractivity contribution in [3.8, 4) is 0 Å². The van der Waals surface area contributed by atoms with Crippen molar-refractivity contribution in [3.63, 3.8) is 0 Å². The van der Waals surface area contributed by atoms with Crippen LogP contribution in [0.1, 0.15) is 19.4 Å². The highest BCUT2D eigenvalue weighted by atomic mass is 16.2. The number of aromatic nitrogens is 4. The summed E-state index contributed by atoms with van der Waals surface area (Å²) in [5.74, 6) is 1.22. The summed E-state index contributed by atoms with van der Waals surface area (Å²) < 4.78 is 4.85. The SMILES string of the molecule is CCn1c(=O)c2c([nH]c3[n+]2C[C@@H](C)CN3c2ccc(C)cc2)n(C)c1=O. The van der Waals surface area contributed by atoms with Crippen molar-refractivity contribution >= 4 is 22.8 Å². The number of nitrogens with one attached hydrogen (secondary N) is 1. The number of rotatable bonds is 2. The minimum absolute atomic E-state index is 0.231. The lowest BCUT2D eigenvalue weighted by atomic mass is 10.1. The lowest BCUT2D eigenvalue weighted by Gasteiger charge is -2.26. The molecule has 0 saturated carbocycles. The molecule has 1 aromatic carbocycles. The molecule has 4 rings (SSSR count). The first-order valence-corrected chi connectivity index (χ1v) is 9.02. The van der Waals surface area contributed by atoms with Crippen molar-refractivity contribution in [3.05, 3.63) is 50.7 Å². The number of aromatic amines is 1. The van der Waals surface area contributed by atoms with Gasteiger partial charge >= 0.3 is 11.6 Å². The number of H-pyrrole nitrogens is 1. The van der Waals surface area contributed by atoms with Gasteiger partial charge in [0.05, 0.1) is 13.1 Å². The van der Waals surface area contributed by atoms with Gasteiger partial charge in [-0.25, -0.2) is 19.2 Å². The van der Waals surface area contributed by atoms with Crippen molar-refractivity contribution in [2.45, 2.75) is 33.9 Å². The Bertz CT molecular complexity index is 1100. The van der Waals surface area contributed by atoms with Gasteiger partial charge in [0, 0.05) is 19.5 Å². The smallest absolute Gasteiger partial charge is 0.267 e. The second-order valence-corrected chi connectivity index (χ2v) is 7.20. The molecule has 3 heterocycles. The van der Waals surface area contributed by atoms with E-state index in [4.69, 9.17) is 0 Å². The highest BCUT2D eigenvalue weighted by molar-refractivity contribution is 5.70. The Morgan fingerprint density at radius 1 is 1.23 bits per heavy atom. The third kappa shape index (κ3) is 2.30. The summed E-state index contributed by atoms with van der Waals surface area (Å²) in [7, 11) is 1.71. The van der Waals surface area contributed by atoms with E-state index < -0.39 is 0 Å². The van der Waals surface area contributed by atoms with E-state index in [0.717, 1.165) is 24.7 Å². The molecule has 2 aromatic heterocycles. The molecule has 7 nitrogen and oxygen atoms in total. The molecule has 0 radical (unpaired) electrons. The van der Waals surface area contributed by atoms with Gasteiger partial charge < -0.3 is 0 Å². The average Bonchev–Trinajstić information content (AvgIpc) is 3.00. The van der Waals surface area contributed by atoms with Gasteiger partial charge in [-0.15, -0.1) is 0 Å². The standard InChI is InChI=1S/C19H23N5O2/c1-5-22-17(25)15-16(21(4)19(22)26)20-18-23(10-13(3)11-24(15)18)14-8-6-12(2)7-9-14/h6-9,13H,5,10-11H2,1-4H3/p+1/t13-/m0/s1. The fourth-order valence-electron chi connectivity index (χ4n) is 3.81. The minimum Gasteiger partial charge on any atom is -0.267 e. The third-order valence-electron chi connectivity index (χ3n) is 5.19. The number of fused-ring (bicyclic) bond motifs is 3. The summed E-state index contributed by atoms with van der Waals surface area (Å²) in [6.07, 6.45) is 0. The van der Waals surface area contributed by atoms with Crippen LogP contribution in [0.15, 0.2) is 33.9 Å². The minimum atomic E-state index is -0.292. The molecule has 0 fully saturated rings. The molecule has 1 N–H and O–H groups in total. The first kappa shape index (κ1) is 16.6. The van der Waals surface area contributed by atoms with Gasteiger partial charge in [0.25, 0.3) is 5.56 Å². The zero-order valence-electron chi connectivity index (χ0n) is 15.6. The molecule has 0 bridgehead atoms. The van der Waals surface area contributed by atoms with Crippen LogP contribution in [0.2, 0.25) is 0 Å². The first-order chi connectivity index (χ1) is 12.4.